The zero-order chi connectivity index (χ0) is 34.6. The number of thiophene rings is 1. The summed E-state index contributed by atoms with van der Waals surface area (Å²) in [5.41, 5.74) is -0.755. The monoisotopic (exact) mass is 709 g/mol. The summed E-state index contributed by atoms with van der Waals surface area (Å²) < 4.78 is 57.0. The number of nitriles is 1. The average molecular weight is 710 g/mol. The first-order chi connectivity index (χ1) is 23.5. The highest BCUT2D eigenvalue weighted by molar-refractivity contribution is 7.18. The summed E-state index contributed by atoms with van der Waals surface area (Å²) >= 11 is 7.56. The first kappa shape index (κ1) is 33.0. The van der Waals surface area contributed by atoms with E-state index in [1.807, 2.05) is 11.0 Å². The second-order valence-electron chi connectivity index (χ2n) is 12.0. The Bertz CT molecular complexity index is 2230. The molecule has 0 aliphatic carbocycles. The maximum atomic E-state index is 14.5. The molecule has 0 unspecified atom stereocenters. The topological polar surface area (TPSA) is 131 Å². The zero-order valence-corrected chi connectivity index (χ0v) is 27.5. The van der Waals surface area contributed by atoms with Crippen LogP contribution in [0.15, 0.2) is 46.7 Å². The molecule has 3 aromatic heterocycles. The van der Waals surface area contributed by atoms with Gasteiger partial charge in [0, 0.05) is 46.4 Å². The average Bonchev–Trinajstić information content (AvgIpc) is 3.58. The lowest BCUT2D eigenvalue weighted by atomic mass is 9.95. The van der Waals surface area contributed by atoms with E-state index in [1.54, 1.807) is 24.3 Å². The number of aromatic carboxylic acids is 1. The van der Waals surface area contributed by atoms with E-state index in [1.165, 1.54) is 34.4 Å². The van der Waals surface area contributed by atoms with Crippen molar-refractivity contribution >= 4 is 50.0 Å². The first-order valence-electron chi connectivity index (χ1n) is 15.4. The fraction of sp³-hybridized carbons (Fsp3) is 0.324. The summed E-state index contributed by atoms with van der Waals surface area (Å²) in [5.74, 6) is -0.543. The maximum Gasteiger partial charge on any atom is 0.416 e. The van der Waals surface area contributed by atoms with Gasteiger partial charge in [-0.25, -0.2) is 9.78 Å². The molecule has 49 heavy (non-hydrogen) atoms. The number of halogens is 4. The molecule has 2 aliphatic heterocycles. The molecule has 5 aromatic rings. The van der Waals surface area contributed by atoms with Gasteiger partial charge in [0.1, 0.15) is 24.3 Å². The molecule has 0 radical (unpaired) electrons. The molecule has 2 aliphatic rings. The number of nitrogens with zero attached hydrogens (tertiary/aromatic N) is 5. The molecule has 2 atom stereocenters. The number of aromatic nitrogens is 3. The molecule has 0 amide bonds. The number of carboxylic acids is 1. The van der Waals surface area contributed by atoms with Crippen LogP contribution < -0.4 is 10.3 Å². The predicted octanol–water partition coefficient (Wildman–Crippen LogP) is 6.67. The second-order valence-corrected chi connectivity index (χ2v) is 13.3. The summed E-state index contributed by atoms with van der Waals surface area (Å²) in [6.45, 7) is 2.10. The van der Waals surface area contributed by atoms with E-state index in [0.29, 0.717) is 45.3 Å². The van der Waals surface area contributed by atoms with Crippen molar-refractivity contribution in [3.8, 4) is 22.9 Å². The molecular formula is C34H27ClF3N5O5S. The summed E-state index contributed by atoms with van der Waals surface area (Å²) in [4.78, 5) is 36.2. The molecule has 2 saturated heterocycles. The fourth-order valence-electron chi connectivity index (χ4n) is 6.87. The summed E-state index contributed by atoms with van der Waals surface area (Å²) in [6, 6.07) is 9.36. The van der Waals surface area contributed by atoms with Crippen LogP contribution in [0.4, 0.5) is 13.2 Å². The quantitative estimate of drug-likeness (QED) is 0.188. The standard InChI is InChI=1S/C34H27ClF3N5O5S/c1-17-41-27-11-26(34(36,37)38)24(13-43-19-3-4-20(43)15-47-14-19)23(12-39)29(27)32(44)42(17)8-9-48-28-5-2-18(35)10-22(28)21-6-7-40-30-25(33(45)46)16-49-31(21)30/h2,5-7,10-11,16,19-20H,3-4,8-9,13-15H2,1H3,(H,45,46)/t19-,20+. The summed E-state index contributed by atoms with van der Waals surface area (Å²) in [6.07, 6.45) is -1.70. The molecule has 252 valence electrons. The normalized spacial score (nSPS) is 17.9. The highest BCUT2D eigenvalue weighted by Gasteiger charge is 2.41. The van der Waals surface area contributed by atoms with E-state index in [-0.39, 0.29) is 65.2 Å². The minimum Gasteiger partial charge on any atom is -0.491 e. The van der Waals surface area contributed by atoms with Crippen molar-refractivity contribution in [1.29, 1.82) is 5.26 Å². The predicted molar refractivity (Wildman–Crippen MR) is 176 cm³/mol. The van der Waals surface area contributed by atoms with Crippen LogP contribution in [0.25, 0.3) is 32.2 Å². The van der Waals surface area contributed by atoms with Crippen molar-refractivity contribution in [2.45, 2.75) is 51.1 Å². The Morgan fingerprint density at radius 1 is 1.20 bits per heavy atom. The number of rotatable bonds is 8. The number of aryl methyl sites for hydroxylation is 1. The van der Waals surface area contributed by atoms with E-state index in [9.17, 15) is 33.1 Å². The van der Waals surface area contributed by atoms with Crippen molar-refractivity contribution in [3.05, 3.63) is 85.4 Å². The van der Waals surface area contributed by atoms with Crippen molar-refractivity contribution in [2.24, 2.45) is 0 Å². The number of benzene rings is 2. The van der Waals surface area contributed by atoms with Gasteiger partial charge in [-0.1, -0.05) is 11.6 Å². The van der Waals surface area contributed by atoms with Crippen LogP contribution in [0.5, 0.6) is 5.75 Å². The fourth-order valence-corrected chi connectivity index (χ4v) is 8.07. The molecule has 2 aromatic carbocycles. The lowest BCUT2D eigenvalue weighted by Crippen LogP contribution is -2.45. The van der Waals surface area contributed by atoms with Crippen molar-refractivity contribution in [2.75, 3.05) is 19.8 Å². The van der Waals surface area contributed by atoms with E-state index >= 15 is 0 Å². The van der Waals surface area contributed by atoms with Gasteiger partial charge in [-0.3, -0.25) is 19.2 Å². The number of hydrogen-bond donors (Lipinski definition) is 1. The van der Waals surface area contributed by atoms with Crippen LogP contribution in [-0.2, 0) is 24.0 Å². The summed E-state index contributed by atoms with van der Waals surface area (Å²) in [7, 11) is 0. The Hall–Kier alpha value is -4.55. The minimum atomic E-state index is -4.77. The maximum absolute atomic E-state index is 14.5. The molecule has 10 nitrogen and oxygen atoms in total. The number of carboxylic acid groups (broad SMARTS) is 1. The molecule has 2 fully saturated rings. The van der Waals surface area contributed by atoms with Gasteiger partial charge in [-0.05, 0) is 55.7 Å². The third-order valence-electron chi connectivity index (χ3n) is 9.18. The number of fused-ring (bicyclic) bond motifs is 4. The molecule has 2 bridgehead atoms. The number of pyridine rings is 1. The largest absolute Gasteiger partial charge is 0.491 e. The van der Waals surface area contributed by atoms with Crippen molar-refractivity contribution < 1.29 is 32.5 Å². The molecule has 0 saturated carbocycles. The third kappa shape index (κ3) is 5.90. The van der Waals surface area contributed by atoms with Gasteiger partial charge in [-0.2, -0.15) is 18.4 Å². The Balaban J connectivity index is 1.24. The van der Waals surface area contributed by atoms with Crippen LogP contribution in [-0.4, -0.2) is 62.4 Å². The van der Waals surface area contributed by atoms with Crippen LogP contribution in [0, 0.1) is 18.3 Å². The van der Waals surface area contributed by atoms with Gasteiger partial charge >= 0.3 is 12.1 Å². The lowest BCUT2D eigenvalue weighted by molar-refractivity contribution is -0.138. The van der Waals surface area contributed by atoms with Gasteiger partial charge in [-0.15, -0.1) is 11.3 Å². The molecule has 7 rings (SSSR count). The van der Waals surface area contributed by atoms with Crippen molar-refractivity contribution in [3.63, 3.8) is 0 Å². The molecule has 5 heterocycles. The molecular weight excluding hydrogens is 683 g/mol. The Morgan fingerprint density at radius 2 is 1.96 bits per heavy atom. The second kappa shape index (κ2) is 12.7. The zero-order valence-electron chi connectivity index (χ0n) is 25.9. The van der Waals surface area contributed by atoms with Crippen LogP contribution >= 0.6 is 22.9 Å². The molecule has 1 N–H and O–H groups in total. The highest BCUT2D eigenvalue weighted by Crippen LogP contribution is 2.41. The van der Waals surface area contributed by atoms with Gasteiger partial charge in [0.25, 0.3) is 5.56 Å². The minimum absolute atomic E-state index is 0.0293. The number of hydrogen-bond acceptors (Lipinski definition) is 9. The smallest absolute Gasteiger partial charge is 0.416 e. The van der Waals surface area contributed by atoms with Crippen LogP contribution in [0.2, 0.25) is 5.02 Å². The van der Waals surface area contributed by atoms with Crippen LogP contribution in [0.1, 0.15) is 45.7 Å². The van der Waals surface area contributed by atoms with Gasteiger partial charge < -0.3 is 14.6 Å². The molecule has 15 heteroatoms. The first-order valence-corrected chi connectivity index (χ1v) is 16.6. The lowest BCUT2D eigenvalue weighted by Gasteiger charge is -2.35. The molecule has 0 spiro atoms. The number of alkyl halides is 3. The van der Waals surface area contributed by atoms with E-state index in [4.69, 9.17) is 21.1 Å². The van der Waals surface area contributed by atoms with Crippen molar-refractivity contribution in [1.82, 2.24) is 19.4 Å². The number of carbonyl (C=O) groups is 1. The van der Waals surface area contributed by atoms with Gasteiger partial charge in [0.2, 0.25) is 0 Å². The Morgan fingerprint density at radius 3 is 2.65 bits per heavy atom. The summed E-state index contributed by atoms with van der Waals surface area (Å²) in [5, 5.41) is 21.6. The number of ether oxygens (including phenoxy) is 2. The number of morpholine rings is 1. The van der Waals surface area contributed by atoms with E-state index in [2.05, 4.69) is 9.97 Å². The van der Waals surface area contributed by atoms with E-state index in [0.717, 1.165) is 18.9 Å². The van der Waals surface area contributed by atoms with Crippen LogP contribution in [0.3, 0.4) is 0 Å². The third-order valence-corrected chi connectivity index (χ3v) is 10.4. The van der Waals surface area contributed by atoms with Gasteiger partial charge in [0.15, 0.2) is 0 Å². The Labute approximate surface area is 285 Å². The highest BCUT2D eigenvalue weighted by atomic mass is 35.5. The SMILES string of the molecule is Cc1nc2cc(C(F)(F)F)c(CN3[C@@H]4CC[C@H]3COC4)c(C#N)c2c(=O)n1CCOc1ccc(Cl)cc1-c1ccnc2c(C(=O)O)csc12. The Kier molecular flexibility index (Phi) is 8.56. The van der Waals surface area contributed by atoms with Gasteiger partial charge in [0.05, 0.1) is 57.6 Å². The van der Waals surface area contributed by atoms with E-state index < -0.39 is 23.3 Å².